The van der Waals surface area contributed by atoms with E-state index in [1.165, 1.54) is 0 Å². The van der Waals surface area contributed by atoms with Crippen LogP contribution in [0.15, 0.2) is 24.3 Å². The molecule has 19 heavy (non-hydrogen) atoms. The van der Waals surface area contributed by atoms with Gasteiger partial charge in [-0.25, -0.2) is 0 Å². The van der Waals surface area contributed by atoms with E-state index >= 15 is 0 Å². The molecule has 0 saturated carbocycles. The number of rotatable bonds is 3. The van der Waals surface area contributed by atoms with Gasteiger partial charge < -0.3 is 14.9 Å². The van der Waals surface area contributed by atoms with Gasteiger partial charge in [-0.1, -0.05) is 12.1 Å². The summed E-state index contributed by atoms with van der Waals surface area (Å²) in [6.07, 6.45) is 0. The third-order valence-electron chi connectivity index (χ3n) is 2.56. The number of hydrogen-bond acceptors (Lipinski definition) is 6. The van der Waals surface area contributed by atoms with E-state index in [-0.39, 0.29) is 5.75 Å². The Balaban J connectivity index is 2.60. The second-order valence-electron chi connectivity index (χ2n) is 4.57. The second kappa shape index (κ2) is 5.09. The highest BCUT2D eigenvalue weighted by atomic mass is 16.3. The molecule has 0 unspecified atom stereocenters. The molecule has 1 aromatic heterocycles. The van der Waals surface area contributed by atoms with Crippen molar-refractivity contribution in [3.8, 4) is 17.1 Å². The van der Waals surface area contributed by atoms with Crippen molar-refractivity contribution < 1.29 is 5.11 Å². The third-order valence-corrected chi connectivity index (χ3v) is 2.56. The molecule has 1 N–H and O–H groups in total. The Labute approximate surface area is 112 Å². The SMILES string of the molecule is CN(C)c1nc(-c2ccccc2O)nc(N(C)C)n1. The summed E-state index contributed by atoms with van der Waals surface area (Å²) in [5, 5.41) is 9.90. The first kappa shape index (κ1) is 13.1. The Kier molecular flexibility index (Phi) is 3.50. The first-order valence-corrected chi connectivity index (χ1v) is 5.88. The molecule has 0 atom stereocenters. The van der Waals surface area contributed by atoms with E-state index < -0.39 is 0 Å². The molecule has 0 aliphatic rings. The Morgan fingerprint density at radius 1 is 0.842 bits per heavy atom. The lowest BCUT2D eigenvalue weighted by molar-refractivity contribution is 0.477. The highest BCUT2D eigenvalue weighted by Crippen LogP contribution is 2.27. The van der Waals surface area contributed by atoms with Crippen LogP contribution >= 0.6 is 0 Å². The summed E-state index contributed by atoms with van der Waals surface area (Å²) in [4.78, 5) is 16.7. The smallest absolute Gasteiger partial charge is 0.230 e. The van der Waals surface area contributed by atoms with Gasteiger partial charge in [0, 0.05) is 28.2 Å². The number of phenols is 1. The van der Waals surface area contributed by atoms with Gasteiger partial charge in [0.05, 0.1) is 5.56 Å². The molecule has 0 radical (unpaired) electrons. The molecule has 0 bridgehead atoms. The average Bonchev–Trinajstić information content (AvgIpc) is 2.38. The fourth-order valence-corrected chi connectivity index (χ4v) is 1.54. The molecule has 2 rings (SSSR count). The summed E-state index contributed by atoms with van der Waals surface area (Å²) in [5.74, 6) is 1.72. The van der Waals surface area contributed by atoms with Gasteiger partial charge in [-0.3, -0.25) is 0 Å². The maximum Gasteiger partial charge on any atom is 0.230 e. The molecule has 2 aromatic rings. The molecule has 6 heteroatoms. The molecule has 0 aliphatic heterocycles. The summed E-state index contributed by atoms with van der Waals surface area (Å²) in [7, 11) is 7.46. The number of hydrogen-bond donors (Lipinski definition) is 1. The molecule has 0 saturated heterocycles. The Morgan fingerprint density at radius 2 is 1.37 bits per heavy atom. The second-order valence-corrected chi connectivity index (χ2v) is 4.57. The number of nitrogens with zero attached hydrogens (tertiary/aromatic N) is 5. The van der Waals surface area contributed by atoms with Gasteiger partial charge in [0.15, 0.2) is 5.82 Å². The molecule has 100 valence electrons. The lowest BCUT2D eigenvalue weighted by Gasteiger charge is -2.16. The van der Waals surface area contributed by atoms with Crippen LogP contribution in [0, 0.1) is 0 Å². The topological polar surface area (TPSA) is 65.4 Å². The van der Waals surface area contributed by atoms with Crippen LogP contribution in [0.2, 0.25) is 0 Å². The summed E-state index contributed by atoms with van der Waals surface area (Å²) >= 11 is 0. The molecular formula is C13H17N5O. The summed E-state index contributed by atoms with van der Waals surface area (Å²) in [5.41, 5.74) is 0.594. The Hall–Kier alpha value is -2.37. The largest absolute Gasteiger partial charge is 0.507 e. The van der Waals surface area contributed by atoms with E-state index in [1.807, 2.05) is 34.3 Å². The van der Waals surface area contributed by atoms with Gasteiger partial charge in [-0.2, -0.15) is 15.0 Å². The number of aromatic nitrogens is 3. The molecule has 1 heterocycles. The van der Waals surface area contributed by atoms with Gasteiger partial charge in [0.25, 0.3) is 0 Å². The van der Waals surface area contributed by atoms with Crippen LogP contribution < -0.4 is 9.80 Å². The maximum absolute atomic E-state index is 9.90. The zero-order chi connectivity index (χ0) is 14.0. The third kappa shape index (κ3) is 2.73. The normalized spacial score (nSPS) is 10.3. The van der Waals surface area contributed by atoms with E-state index in [0.29, 0.717) is 23.3 Å². The van der Waals surface area contributed by atoms with Crippen molar-refractivity contribution in [3.63, 3.8) is 0 Å². The number of para-hydroxylation sites is 1. The van der Waals surface area contributed by atoms with Crippen LogP contribution in [0.3, 0.4) is 0 Å². The molecule has 0 aliphatic carbocycles. The first-order chi connectivity index (χ1) is 8.99. The zero-order valence-electron chi connectivity index (χ0n) is 11.5. The van der Waals surface area contributed by atoms with Crippen molar-refractivity contribution in [3.05, 3.63) is 24.3 Å². The lowest BCUT2D eigenvalue weighted by Crippen LogP contribution is -2.19. The van der Waals surface area contributed by atoms with Crippen LogP contribution in [-0.2, 0) is 0 Å². The van der Waals surface area contributed by atoms with Crippen LogP contribution in [0.5, 0.6) is 5.75 Å². The Bertz CT molecular complexity index is 557. The van der Waals surface area contributed by atoms with E-state index in [0.717, 1.165) is 0 Å². The van der Waals surface area contributed by atoms with Crippen molar-refractivity contribution >= 4 is 11.9 Å². The molecule has 0 amide bonds. The molecule has 6 nitrogen and oxygen atoms in total. The number of aromatic hydroxyl groups is 1. The van der Waals surface area contributed by atoms with Crippen molar-refractivity contribution in [2.24, 2.45) is 0 Å². The van der Waals surface area contributed by atoms with Crippen LogP contribution in [0.25, 0.3) is 11.4 Å². The molecule has 0 spiro atoms. The van der Waals surface area contributed by atoms with E-state index in [2.05, 4.69) is 15.0 Å². The average molecular weight is 259 g/mol. The first-order valence-electron chi connectivity index (χ1n) is 5.88. The predicted molar refractivity (Wildman–Crippen MR) is 75.6 cm³/mol. The highest BCUT2D eigenvalue weighted by molar-refractivity contribution is 5.65. The molecule has 0 fully saturated rings. The predicted octanol–water partition coefficient (Wildman–Crippen LogP) is 1.38. The van der Waals surface area contributed by atoms with Crippen molar-refractivity contribution in [2.75, 3.05) is 38.0 Å². The fourth-order valence-electron chi connectivity index (χ4n) is 1.54. The monoisotopic (exact) mass is 259 g/mol. The van der Waals surface area contributed by atoms with Gasteiger partial charge in [-0.05, 0) is 12.1 Å². The number of benzene rings is 1. The zero-order valence-corrected chi connectivity index (χ0v) is 11.5. The minimum absolute atomic E-state index is 0.156. The van der Waals surface area contributed by atoms with Crippen LogP contribution in [-0.4, -0.2) is 48.2 Å². The van der Waals surface area contributed by atoms with E-state index in [4.69, 9.17) is 0 Å². The fraction of sp³-hybridized carbons (Fsp3) is 0.308. The molecular weight excluding hydrogens is 242 g/mol. The number of anilines is 2. The maximum atomic E-state index is 9.90. The molecule has 1 aromatic carbocycles. The summed E-state index contributed by atoms with van der Waals surface area (Å²) in [6.45, 7) is 0. The van der Waals surface area contributed by atoms with Gasteiger partial charge in [-0.15, -0.1) is 0 Å². The van der Waals surface area contributed by atoms with E-state index in [9.17, 15) is 5.11 Å². The Morgan fingerprint density at radius 3 is 1.84 bits per heavy atom. The summed E-state index contributed by atoms with van der Waals surface area (Å²) < 4.78 is 0. The highest BCUT2D eigenvalue weighted by Gasteiger charge is 2.13. The van der Waals surface area contributed by atoms with Gasteiger partial charge in [0.1, 0.15) is 5.75 Å². The lowest BCUT2D eigenvalue weighted by atomic mass is 10.2. The van der Waals surface area contributed by atoms with Crippen molar-refractivity contribution in [1.82, 2.24) is 15.0 Å². The minimum Gasteiger partial charge on any atom is -0.507 e. The quantitative estimate of drug-likeness (QED) is 0.898. The van der Waals surface area contributed by atoms with Crippen molar-refractivity contribution in [1.29, 1.82) is 0 Å². The van der Waals surface area contributed by atoms with Crippen molar-refractivity contribution in [2.45, 2.75) is 0 Å². The summed E-state index contributed by atoms with van der Waals surface area (Å²) in [6, 6.07) is 7.00. The number of phenolic OH excluding ortho intramolecular Hbond substituents is 1. The van der Waals surface area contributed by atoms with Gasteiger partial charge in [0.2, 0.25) is 11.9 Å². The van der Waals surface area contributed by atoms with Crippen LogP contribution in [0.1, 0.15) is 0 Å². The standard InChI is InChI=1S/C13H17N5O/c1-17(2)12-14-11(15-13(16-12)18(3)4)9-7-5-6-8-10(9)19/h5-8,19H,1-4H3. The van der Waals surface area contributed by atoms with Gasteiger partial charge >= 0.3 is 0 Å². The van der Waals surface area contributed by atoms with Crippen LogP contribution in [0.4, 0.5) is 11.9 Å². The minimum atomic E-state index is 0.156. The van der Waals surface area contributed by atoms with E-state index in [1.54, 1.807) is 28.0 Å².